The number of rotatable bonds is 46. The summed E-state index contributed by atoms with van der Waals surface area (Å²) in [5.74, 6) is 1.73. The highest BCUT2D eigenvalue weighted by molar-refractivity contribution is 6.23. The average molecular weight is 1180 g/mol. The molecule has 2 aromatic carbocycles. The van der Waals surface area contributed by atoms with Crippen molar-refractivity contribution in [1.29, 1.82) is 0 Å². The third-order valence-electron chi connectivity index (χ3n) is 13.3. The number of nitrogens with one attached hydrogen (secondary N) is 1. The van der Waals surface area contributed by atoms with Gasteiger partial charge in [0.05, 0.1) is 151 Å². The fraction of sp³-hybridized carbons (Fsp3) is 0.600. The van der Waals surface area contributed by atoms with E-state index in [4.69, 9.17) is 47.4 Å². The standard InChI is InChI=1S/C60H80N4O20/c65-49(13-16-55(70)63-45-48-8-2-1-6-46(48)11-12-47-7-3-4-10-50(47)63)9-5-24-75-30-36-81-42-43-84-38-32-77-26-20-54(69)61-44-59(74)62(22-28-79-34-40-82-37-31-76-25-19-53(68)60-51(66)14-15-52(60)67)23-29-80-35-41-83-39-33-78-27-21-58(73)64-56(71)17-18-57(64)72/h1-4,6-8,10,60H,5,9,13-45H2,(H,61,69). The zero-order chi connectivity index (χ0) is 60.0. The molecule has 2 aliphatic heterocycles. The molecular formula is C60H80N4O20. The van der Waals surface area contributed by atoms with Crippen LogP contribution in [0, 0.1) is 17.8 Å². The normalized spacial score (nSPS) is 14.0. The fourth-order valence-electron chi connectivity index (χ4n) is 8.70. The van der Waals surface area contributed by atoms with E-state index >= 15 is 0 Å². The van der Waals surface area contributed by atoms with E-state index in [1.165, 1.54) is 4.90 Å². The molecule has 0 atom stereocenters. The van der Waals surface area contributed by atoms with Gasteiger partial charge < -0.3 is 62.5 Å². The first-order chi connectivity index (χ1) is 40.9. The van der Waals surface area contributed by atoms with Crippen LogP contribution in [0.25, 0.3) is 0 Å². The Hall–Kier alpha value is -6.50. The Labute approximate surface area is 490 Å². The third kappa shape index (κ3) is 26.2. The third-order valence-corrected chi connectivity index (χ3v) is 13.3. The van der Waals surface area contributed by atoms with Gasteiger partial charge in [-0.05, 0) is 30.2 Å². The number of amides is 6. The first kappa shape index (κ1) is 68.3. The number of para-hydroxylation sites is 1. The molecule has 1 N–H and O–H groups in total. The summed E-state index contributed by atoms with van der Waals surface area (Å²) >= 11 is 0. The lowest BCUT2D eigenvalue weighted by molar-refractivity contribution is -0.150. The molecule has 6 amide bonds. The smallest absolute Gasteiger partial charge is 0.242 e. The van der Waals surface area contributed by atoms with Crippen LogP contribution in [0.5, 0.6) is 0 Å². The second kappa shape index (κ2) is 40.7. The van der Waals surface area contributed by atoms with E-state index in [1.54, 1.807) is 4.90 Å². The number of imide groups is 3. The van der Waals surface area contributed by atoms with Crippen molar-refractivity contribution in [2.45, 2.75) is 77.2 Å². The van der Waals surface area contributed by atoms with Gasteiger partial charge >= 0.3 is 0 Å². The van der Waals surface area contributed by atoms with E-state index in [-0.39, 0.29) is 212 Å². The number of nitrogens with zero attached hydrogens (tertiary/aromatic N) is 3. The summed E-state index contributed by atoms with van der Waals surface area (Å²) in [5.41, 5.74) is 3.34. The lowest BCUT2D eigenvalue weighted by Crippen LogP contribution is -2.43. The maximum absolute atomic E-state index is 13.4. The van der Waals surface area contributed by atoms with Gasteiger partial charge in [-0.3, -0.25) is 47.9 Å². The highest BCUT2D eigenvalue weighted by Crippen LogP contribution is 2.26. The van der Waals surface area contributed by atoms with Crippen LogP contribution < -0.4 is 10.2 Å². The molecule has 0 unspecified atom stereocenters. The fourth-order valence-corrected chi connectivity index (χ4v) is 8.70. The molecule has 0 radical (unpaired) electrons. The van der Waals surface area contributed by atoms with E-state index in [0.717, 1.165) is 22.4 Å². The SMILES string of the molecule is O=C(CCCOCCOCCOCCOCCC(=O)NCC(=O)N(CCOCCOCCOCCC(=O)C1C(=O)CCC1=O)CCOCCOCCOCCC(=O)N1C(=O)CCC1=O)CCC(=O)N1Cc2ccccc2C#Cc2ccccc21. The number of carbonyl (C=O) groups is 10. The number of hydrogen-bond donors (Lipinski definition) is 1. The highest BCUT2D eigenvalue weighted by atomic mass is 16.6. The highest BCUT2D eigenvalue weighted by Gasteiger charge is 2.38. The van der Waals surface area contributed by atoms with Crippen molar-refractivity contribution in [3.63, 3.8) is 0 Å². The molecule has 3 aliphatic rings. The minimum absolute atomic E-state index is 0.00125. The summed E-state index contributed by atoms with van der Waals surface area (Å²) in [6, 6.07) is 15.3. The first-order valence-corrected chi connectivity index (χ1v) is 28.7. The van der Waals surface area contributed by atoms with Crippen molar-refractivity contribution >= 4 is 64.3 Å². The van der Waals surface area contributed by atoms with Gasteiger partial charge in [0.1, 0.15) is 11.7 Å². The van der Waals surface area contributed by atoms with E-state index in [9.17, 15) is 47.9 Å². The van der Waals surface area contributed by atoms with Gasteiger partial charge in [0.2, 0.25) is 35.4 Å². The summed E-state index contributed by atoms with van der Waals surface area (Å²) in [6.45, 7) is 5.04. The monoisotopic (exact) mass is 1180 g/mol. The van der Waals surface area contributed by atoms with Crippen LogP contribution in [0.3, 0.4) is 0 Å². The number of anilines is 1. The molecule has 2 fully saturated rings. The van der Waals surface area contributed by atoms with Crippen LogP contribution in [0.4, 0.5) is 5.69 Å². The van der Waals surface area contributed by atoms with Crippen LogP contribution in [-0.4, -0.2) is 220 Å². The number of fused-ring (bicyclic) bond motifs is 2. The molecule has 0 bridgehead atoms. The molecule has 1 saturated carbocycles. The number of Topliss-reactive ketones (excluding diaryl/α,β-unsaturated/α-hetero) is 4. The molecule has 5 rings (SSSR count). The molecule has 1 saturated heterocycles. The van der Waals surface area contributed by atoms with Gasteiger partial charge in [-0.15, -0.1) is 0 Å². The summed E-state index contributed by atoms with van der Waals surface area (Å²) in [4.78, 5) is 127. The zero-order valence-electron chi connectivity index (χ0n) is 48.0. The second-order valence-corrected chi connectivity index (χ2v) is 19.4. The van der Waals surface area contributed by atoms with Crippen LogP contribution in [0.15, 0.2) is 48.5 Å². The van der Waals surface area contributed by atoms with Gasteiger partial charge in [0.25, 0.3) is 0 Å². The number of hydrogen-bond acceptors (Lipinski definition) is 20. The predicted molar refractivity (Wildman–Crippen MR) is 299 cm³/mol. The topological polar surface area (TPSA) is 285 Å². The van der Waals surface area contributed by atoms with Gasteiger partial charge in [-0.25, -0.2) is 4.90 Å². The molecule has 0 spiro atoms. The molecule has 24 nitrogen and oxygen atoms in total. The molecule has 0 aromatic heterocycles. The van der Waals surface area contributed by atoms with Crippen LogP contribution in [0.2, 0.25) is 0 Å². The summed E-state index contributed by atoms with van der Waals surface area (Å²) in [7, 11) is 0. The number of carbonyl (C=O) groups excluding carboxylic acids is 10. The van der Waals surface area contributed by atoms with Gasteiger partial charge in [0, 0.05) is 88.6 Å². The second-order valence-electron chi connectivity index (χ2n) is 19.4. The molecule has 460 valence electrons. The number of benzene rings is 2. The van der Waals surface area contributed by atoms with E-state index in [2.05, 4.69) is 17.2 Å². The lowest BCUT2D eigenvalue weighted by atomic mass is 9.99. The van der Waals surface area contributed by atoms with Gasteiger partial charge in [-0.2, -0.15) is 0 Å². The number of likely N-dealkylation sites (tertiary alicyclic amines) is 1. The Morgan fingerprint density at radius 3 is 1.51 bits per heavy atom. The molecule has 2 heterocycles. The summed E-state index contributed by atoms with van der Waals surface area (Å²) in [6.07, 6.45) is 1.29. The largest absolute Gasteiger partial charge is 0.379 e. The zero-order valence-corrected chi connectivity index (χ0v) is 48.0. The van der Waals surface area contributed by atoms with Crippen molar-refractivity contribution in [1.82, 2.24) is 15.1 Å². The minimum atomic E-state index is -1.15. The molecule has 1 aliphatic carbocycles. The lowest BCUT2D eigenvalue weighted by Gasteiger charge is -2.26. The maximum atomic E-state index is 13.4. The van der Waals surface area contributed by atoms with Crippen molar-refractivity contribution in [3.8, 4) is 11.8 Å². The molecule has 24 heteroatoms. The van der Waals surface area contributed by atoms with Crippen molar-refractivity contribution in [2.24, 2.45) is 5.92 Å². The molecule has 84 heavy (non-hydrogen) atoms. The number of ketones is 4. The van der Waals surface area contributed by atoms with E-state index < -0.39 is 29.4 Å². The van der Waals surface area contributed by atoms with E-state index in [1.807, 2.05) is 48.5 Å². The quantitative estimate of drug-likeness (QED) is 0.0430. The van der Waals surface area contributed by atoms with Crippen molar-refractivity contribution in [3.05, 3.63) is 65.2 Å². The Balaban J connectivity index is 0.842. The van der Waals surface area contributed by atoms with Gasteiger partial charge in [-0.1, -0.05) is 42.2 Å². The summed E-state index contributed by atoms with van der Waals surface area (Å²) in [5, 5.41) is 2.62. The van der Waals surface area contributed by atoms with E-state index in [0.29, 0.717) is 57.3 Å². The van der Waals surface area contributed by atoms with Crippen LogP contribution in [-0.2, 0) is 102 Å². The Morgan fingerprint density at radius 2 is 0.940 bits per heavy atom. The summed E-state index contributed by atoms with van der Waals surface area (Å²) < 4.78 is 55.3. The van der Waals surface area contributed by atoms with Crippen LogP contribution >= 0.6 is 0 Å². The molecule has 2 aromatic rings. The minimum Gasteiger partial charge on any atom is -0.379 e. The van der Waals surface area contributed by atoms with Crippen molar-refractivity contribution in [2.75, 3.05) is 157 Å². The van der Waals surface area contributed by atoms with Crippen LogP contribution in [0.1, 0.15) is 87.3 Å². The Morgan fingerprint density at radius 1 is 0.476 bits per heavy atom. The number of ether oxygens (including phenoxy) is 10. The molecular weight excluding hydrogens is 1100 g/mol. The maximum Gasteiger partial charge on any atom is 0.242 e. The van der Waals surface area contributed by atoms with Crippen molar-refractivity contribution < 1.29 is 95.3 Å². The Bertz CT molecular complexity index is 2430. The van der Waals surface area contributed by atoms with Gasteiger partial charge in [0.15, 0.2) is 17.3 Å². The average Bonchev–Trinajstić information content (AvgIpc) is 4.02. The first-order valence-electron chi connectivity index (χ1n) is 28.7. The Kier molecular flexibility index (Phi) is 33.1. The predicted octanol–water partition coefficient (Wildman–Crippen LogP) is 2.14.